The summed E-state index contributed by atoms with van der Waals surface area (Å²) in [4.78, 5) is 23.9. The zero-order valence-corrected chi connectivity index (χ0v) is 10.6. The fourth-order valence-corrected chi connectivity index (χ4v) is 1.48. The molecule has 0 atom stereocenters. The summed E-state index contributed by atoms with van der Waals surface area (Å²) >= 11 is 0. The second-order valence-corrected chi connectivity index (χ2v) is 3.90. The quantitative estimate of drug-likeness (QED) is 0.855. The van der Waals surface area contributed by atoms with Gasteiger partial charge in [-0.3, -0.25) is 14.8 Å². The van der Waals surface area contributed by atoms with E-state index in [0.717, 1.165) is 18.7 Å². The Bertz CT molecular complexity index is 544. The molecule has 0 saturated carbocycles. The van der Waals surface area contributed by atoms with E-state index in [-0.39, 0.29) is 5.91 Å². The molecule has 98 valence electrons. The molecule has 2 N–H and O–H groups in total. The van der Waals surface area contributed by atoms with Crippen LogP contribution in [0.1, 0.15) is 23.8 Å². The summed E-state index contributed by atoms with van der Waals surface area (Å²) in [6.45, 7) is 2.94. The zero-order valence-electron chi connectivity index (χ0n) is 10.6. The largest absolute Gasteiger partial charge is 0.385 e. The summed E-state index contributed by atoms with van der Waals surface area (Å²) in [7, 11) is 0. The number of aromatic nitrogens is 3. The van der Waals surface area contributed by atoms with E-state index in [1.165, 1.54) is 12.4 Å². The number of hydrogen-bond donors (Lipinski definition) is 2. The number of rotatable bonds is 5. The van der Waals surface area contributed by atoms with Crippen molar-refractivity contribution in [2.75, 3.05) is 17.2 Å². The molecule has 6 heteroatoms. The number of anilines is 2. The Labute approximate surface area is 111 Å². The predicted octanol–water partition coefficient (Wildman–Crippen LogP) is 1.95. The lowest BCUT2D eigenvalue weighted by molar-refractivity contribution is 0.102. The van der Waals surface area contributed by atoms with E-state index in [9.17, 15) is 4.79 Å². The number of pyridine rings is 1. The molecule has 2 aromatic heterocycles. The second kappa shape index (κ2) is 6.44. The van der Waals surface area contributed by atoms with Gasteiger partial charge in [0.25, 0.3) is 5.91 Å². The first kappa shape index (κ1) is 12.9. The molecule has 2 heterocycles. The number of carbonyl (C=O) groups is 1. The summed E-state index contributed by atoms with van der Waals surface area (Å²) < 4.78 is 0. The van der Waals surface area contributed by atoms with Crippen LogP contribution in [0.4, 0.5) is 11.5 Å². The van der Waals surface area contributed by atoms with Crippen molar-refractivity contribution in [2.45, 2.75) is 13.3 Å². The molecule has 0 bridgehead atoms. The SMILES string of the molecule is CCCNc1ccnc(C(=O)Nc2cnccn2)c1. The Morgan fingerprint density at radius 1 is 1.26 bits per heavy atom. The molecule has 0 unspecified atom stereocenters. The van der Waals surface area contributed by atoms with E-state index >= 15 is 0 Å². The van der Waals surface area contributed by atoms with Crippen molar-refractivity contribution in [3.8, 4) is 0 Å². The van der Waals surface area contributed by atoms with Crippen LogP contribution in [0.15, 0.2) is 36.9 Å². The molecule has 0 aromatic carbocycles. The van der Waals surface area contributed by atoms with Crippen molar-refractivity contribution in [1.29, 1.82) is 0 Å². The van der Waals surface area contributed by atoms with Gasteiger partial charge in [-0.15, -0.1) is 0 Å². The number of nitrogens with one attached hydrogen (secondary N) is 2. The third-order valence-electron chi connectivity index (χ3n) is 2.38. The van der Waals surface area contributed by atoms with E-state index in [1.54, 1.807) is 18.5 Å². The van der Waals surface area contributed by atoms with Crippen molar-refractivity contribution < 1.29 is 4.79 Å². The highest BCUT2D eigenvalue weighted by Crippen LogP contribution is 2.09. The molecule has 6 nitrogen and oxygen atoms in total. The van der Waals surface area contributed by atoms with Gasteiger partial charge in [0.15, 0.2) is 5.82 Å². The van der Waals surface area contributed by atoms with Crippen LogP contribution in [0.25, 0.3) is 0 Å². The van der Waals surface area contributed by atoms with Gasteiger partial charge >= 0.3 is 0 Å². The Balaban J connectivity index is 2.06. The zero-order chi connectivity index (χ0) is 13.5. The maximum atomic E-state index is 12.0. The predicted molar refractivity (Wildman–Crippen MR) is 73.0 cm³/mol. The summed E-state index contributed by atoms with van der Waals surface area (Å²) in [6.07, 6.45) is 7.16. The first-order valence-corrected chi connectivity index (χ1v) is 6.07. The normalized spacial score (nSPS) is 9.95. The van der Waals surface area contributed by atoms with E-state index in [1.807, 2.05) is 6.07 Å². The Morgan fingerprint density at radius 3 is 2.89 bits per heavy atom. The molecule has 2 rings (SSSR count). The third kappa shape index (κ3) is 3.74. The van der Waals surface area contributed by atoms with Gasteiger partial charge in [0.2, 0.25) is 0 Å². The van der Waals surface area contributed by atoms with Crippen LogP contribution in [0, 0.1) is 0 Å². The maximum Gasteiger partial charge on any atom is 0.275 e. The molecule has 0 spiro atoms. The van der Waals surface area contributed by atoms with Gasteiger partial charge < -0.3 is 10.6 Å². The molecule has 0 aliphatic carbocycles. The van der Waals surface area contributed by atoms with Crippen LogP contribution in [-0.4, -0.2) is 27.4 Å². The number of amides is 1. The number of nitrogens with zero attached hydrogens (tertiary/aromatic N) is 3. The third-order valence-corrected chi connectivity index (χ3v) is 2.38. The molecule has 0 saturated heterocycles. The minimum absolute atomic E-state index is 0.305. The lowest BCUT2D eigenvalue weighted by Gasteiger charge is -2.06. The minimum Gasteiger partial charge on any atom is -0.385 e. The smallest absolute Gasteiger partial charge is 0.275 e. The maximum absolute atomic E-state index is 12.0. The first-order valence-electron chi connectivity index (χ1n) is 6.07. The minimum atomic E-state index is -0.305. The van der Waals surface area contributed by atoms with Gasteiger partial charge in [-0.05, 0) is 18.6 Å². The van der Waals surface area contributed by atoms with E-state index in [0.29, 0.717) is 11.5 Å². The fourth-order valence-electron chi connectivity index (χ4n) is 1.48. The molecule has 0 radical (unpaired) electrons. The Morgan fingerprint density at radius 2 is 2.16 bits per heavy atom. The standard InChI is InChI=1S/C13H15N5O/c1-2-4-15-10-3-5-16-11(8-10)13(19)18-12-9-14-6-7-17-12/h3,5-9H,2,4H2,1H3,(H,15,16)(H,17,18,19). The van der Waals surface area contributed by atoms with Crippen LogP contribution in [0.5, 0.6) is 0 Å². The van der Waals surface area contributed by atoms with Crippen LogP contribution in [-0.2, 0) is 0 Å². The van der Waals surface area contributed by atoms with Gasteiger partial charge in [0.1, 0.15) is 5.69 Å². The lowest BCUT2D eigenvalue weighted by Crippen LogP contribution is -2.15. The molecule has 0 aliphatic rings. The van der Waals surface area contributed by atoms with Gasteiger partial charge in [0, 0.05) is 30.8 Å². The average molecular weight is 257 g/mol. The number of hydrogen-bond acceptors (Lipinski definition) is 5. The van der Waals surface area contributed by atoms with Crippen molar-refractivity contribution in [3.05, 3.63) is 42.6 Å². The number of carbonyl (C=O) groups excluding carboxylic acids is 1. The summed E-state index contributed by atoms with van der Waals surface area (Å²) in [5.74, 6) is 0.0990. The second-order valence-electron chi connectivity index (χ2n) is 3.90. The fraction of sp³-hybridized carbons (Fsp3) is 0.231. The van der Waals surface area contributed by atoms with Gasteiger partial charge in [-0.2, -0.15) is 0 Å². The van der Waals surface area contributed by atoms with Crippen LogP contribution >= 0.6 is 0 Å². The van der Waals surface area contributed by atoms with E-state index < -0.39 is 0 Å². The summed E-state index contributed by atoms with van der Waals surface area (Å²) in [6, 6.07) is 3.54. The summed E-state index contributed by atoms with van der Waals surface area (Å²) in [5, 5.41) is 5.84. The molecule has 1 amide bonds. The molecule has 2 aromatic rings. The molecular weight excluding hydrogens is 242 g/mol. The topological polar surface area (TPSA) is 79.8 Å². The molecule has 0 fully saturated rings. The first-order chi connectivity index (χ1) is 9.29. The van der Waals surface area contributed by atoms with Gasteiger partial charge in [-0.25, -0.2) is 4.98 Å². The van der Waals surface area contributed by atoms with Crippen LogP contribution in [0.3, 0.4) is 0 Å². The highest BCUT2D eigenvalue weighted by Gasteiger charge is 2.08. The Hall–Kier alpha value is -2.50. The highest BCUT2D eigenvalue weighted by atomic mass is 16.1. The van der Waals surface area contributed by atoms with Crippen molar-refractivity contribution in [1.82, 2.24) is 15.0 Å². The Kier molecular flexibility index (Phi) is 4.39. The summed E-state index contributed by atoms with van der Waals surface area (Å²) in [5.41, 5.74) is 1.22. The molecular formula is C13H15N5O. The lowest BCUT2D eigenvalue weighted by atomic mass is 10.3. The molecule has 0 aliphatic heterocycles. The van der Waals surface area contributed by atoms with Crippen LogP contribution in [0.2, 0.25) is 0 Å². The average Bonchev–Trinajstić information content (AvgIpc) is 2.46. The van der Waals surface area contributed by atoms with E-state index in [2.05, 4.69) is 32.5 Å². The molecule has 19 heavy (non-hydrogen) atoms. The van der Waals surface area contributed by atoms with Gasteiger partial charge in [0.05, 0.1) is 6.20 Å². The van der Waals surface area contributed by atoms with Crippen LogP contribution < -0.4 is 10.6 Å². The monoisotopic (exact) mass is 257 g/mol. The van der Waals surface area contributed by atoms with Gasteiger partial charge in [-0.1, -0.05) is 6.92 Å². The van der Waals surface area contributed by atoms with Crippen molar-refractivity contribution in [3.63, 3.8) is 0 Å². The van der Waals surface area contributed by atoms with E-state index in [4.69, 9.17) is 0 Å². The van der Waals surface area contributed by atoms with Crippen molar-refractivity contribution >= 4 is 17.4 Å². The highest BCUT2D eigenvalue weighted by molar-refractivity contribution is 6.02. The van der Waals surface area contributed by atoms with Crippen molar-refractivity contribution in [2.24, 2.45) is 0 Å².